The summed E-state index contributed by atoms with van der Waals surface area (Å²) in [6, 6.07) is 0.696. The number of nitrogens with zero attached hydrogens (tertiary/aromatic N) is 1. The molecule has 3 heteroatoms. The first-order valence-electron chi connectivity index (χ1n) is 5.25. The molecule has 1 aliphatic heterocycles. The van der Waals surface area contributed by atoms with E-state index in [-0.39, 0.29) is 0 Å². The lowest BCUT2D eigenvalue weighted by Crippen LogP contribution is -2.44. The Morgan fingerprint density at radius 3 is 2.21 bits per heavy atom. The van der Waals surface area contributed by atoms with Gasteiger partial charge in [-0.05, 0) is 40.0 Å². The number of carboxylic acid groups (broad SMARTS) is 1. The van der Waals surface area contributed by atoms with Gasteiger partial charge in [-0.15, -0.1) is 0 Å². The Labute approximate surface area is 85.4 Å². The van der Waals surface area contributed by atoms with E-state index in [1.54, 1.807) is 13.0 Å². The second-order valence-electron chi connectivity index (χ2n) is 4.02. The second kappa shape index (κ2) is 4.49. The third kappa shape index (κ3) is 2.08. The van der Waals surface area contributed by atoms with E-state index in [9.17, 15) is 4.79 Å². The van der Waals surface area contributed by atoms with Gasteiger partial charge in [-0.3, -0.25) is 0 Å². The largest absolute Gasteiger partial charge is 0.477 e. The van der Waals surface area contributed by atoms with E-state index in [4.69, 9.17) is 5.11 Å². The molecular weight excluding hydrogens is 178 g/mol. The molecule has 80 valence electrons. The van der Waals surface area contributed by atoms with Gasteiger partial charge in [-0.2, -0.15) is 0 Å². The molecular formula is C11H19NO2. The minimum Gasteiger partial charge on any atom is -0.477 e. The predicted molar refractivity (Wildman–Crippen MR) is 56.0 cm³/mol. The molecule has 2 atom stereocenters. The van der Waals surface area contributed by atoms with Crippen LogP contribution in [-0.4, -0.2) is 28.1 Å². The molecule has 0 aromatic heterocycles. The van der Waals surface area contributed by atoms with Crippen LogP contribution in [0.4, 0.5) is 0 Å². The van der Waals surface area contributed by atoms with E-state index >= 15 is 0 Å². The third-order valence-corrected chi connectivity index (χ3v) is 2.96. The Morgan fingerprint density at radius 1 is 1.36 bits per heavy atom. The van der Waals surface area contributed by atoms with Crippen LogP contribution in [0.5, 0.6) is 0 Å². The molecule has 0 aromatic rings. The standard InChI is InChI=1S/C11H19NO2/c1-4-10(11(13)14)12-8(2)6-5-7-9(12)3/h4,8-9H,5-7H2,1-3H3,(H,13,14). The normalized spacial score (nSPS) is 29.1. The van der Waals surface area contributed by atoms with Gasteiger partial charge in [-0.1, -0.05) is 6.08 Å². The highest BCUT2D eigenvalue weighted by Crippen LogP contribution is 2.26. The van der Waals surface area contributed by atoms with Crippen LogP contribution in [0, 0.1) is 0 Å². The lowest BCUT2D eigenvalue weighted by Gasteiger charge is -2.40. The predicted octanol–water partition coefficient (Wildman–Crippen LogP) is 2.24. The van der Waals surface area contributed by atoms with Crippen molar-refractivity contribution < 1.29 is 9.90 Å². The zero-order valence-electron chi connectivity index (χ0n) is 9.16. The number of hydrogen-bond donors (Lipinski definition) is 1. The van der Waals surface area contributed by atoms with E-state index < -0.39 is 5.97 Å². The zero-order chi connectivity index (χ0) is 10.7. The van der Waals surface area contributed by atoms with E-state index in [2.05, 4.69) is 13.8 Å². The molecule has 1 aliphatic rings. The highest BCUT2D eigenvalue weighted by Gasteiger charge is 2.28. The molecule has 0 saturated carbocycles. The topological polar surface area (TPSA) is 40.5 Å². The van der Waals surface area contributed by atoms with Crippen molar-refractivity contribution in [2.45, 2.75) is 52.1 Å². The Bertz CT molecular complexity index is 238. The van der Waals surface area contributed by atoms with Gasteiger partial charge < -0.3 is 10.0 Å². The molecule has 0 radical (unpaired) electrons. The Hall–Kier alpha value is -0.990. The van der Waals surface area contributed by atoms with Gasteiger partial charge in [-0.25, -0.2) is 4.79 Å². The summed E-state index contributed by atoms with van der Waals surface area (Å²) >= 11 is 0. The lowest BCUT2D eigenvalue weighted by atomic mass is 9.96. The molecule has 0 aromatic carbocycles. The van der Waals surface area contributed by atoms with Crippen LogP contribution in [0.2, 0.25) is 0 Å². The van der Waals surface area contributed by atoms with Gasteiger partial charge in [0.25, 0.3) is 0 Å². The number of carbonyl (C=O) groups is 1. The van der Waals surface area contributed by atoms with Crippen molar-refractivity contribution in [2.24, 2.45) is 0 Å². The van der Waals surface area contributed by atoms with E-state index in [1.807, 2.05) is 4.90 Å². The van der Waals surface area contributed by atoms with Gasteiger partial charge in [0.1, 0.15) is 5.70 Å². The van der Waals surface area contributed by atoms with Crippen LogP contribution in [0.1, 0.15) is 40.0 Å². The monoisotopic (exact) mass is 197 g/mol. The molecule has 1 fully saturated rings. The average molecular weight is 197 g/mol. The fraction of sp³-hybridized carbons (Fsp3) is 0.727. The van der Waals surface area contributed by atoms with Crippen LogP contribution in [0.25, 0.3) is 0 Å². The molecule has 1 rings (SSSR count). The number of hydrogen-bond acceptors (Lipinski definition) is 2. The van der Waals surface area contributed by atoms with E-state index in [0.29, 0.717) is 17.8 Å². The summed E-state index contributed by atoms with van der Waals surface area (Å²) in [5, 5.41) is 9.05. The molecule has 1 N–H and O–H groups in total. The minimum absolute atomic E-state index is 0.348. The molecule has 0 amide bonds. The molecule has 3 nitrogen and oxygen atoms in total. The number of likely N-dealkylation sites (tertiary alicyclic amines) is 1. The Balaban J connectivity index is 2.86. The molecule has 14 heavy (non-hydrogen) atoms. The number of rotatable bonds is 2. The first kappa shape index (κ1) is 11.1. The molecule has 1 saturated heterocycles. The minimum atomic E-state index is -0.812. The van der Waals surface area contributed by atoms with Crippen LogP contribution in [0.3, 0.4) is 0 Å². The molecule has 1 heterocycles. The lowest BCUT2D eigenvalue weighted by molar-refractivity contribution is -0.135. The van der Waals surface area contributed by atoms with Crippen LogP contribution >= 0.6 is 0 Å². The number of aliphatic carboxylic acids is 1. The smallest absolute Gasteiger partial charge is 0.351 e. The van der Waals surface area contributed by atoms with Crippen molar-refractivity contribution in [3.8, 4) is 0 Å². The summed E-state index contributed by atoms with van der Waals surface area (Å²) in [6.07, 6.45) is 5.08. The van der Waals surface area contributed by atoms with E-state index in [1.165, 1.54) is 6.42 Å². The molecule has 2 unspecified atom stereocenters. The van der Waals surface area contributed by atoms with Crippen LogP contribution < -0.4 is 0 Å². The van der Waals surface area contributed by atoms with Gasteiger partial charge in [0.05, 0.1) is 0 Å². The maximum Gasteiger partial charge on any atom is 0.351 e. The van der Waals surface area contributed by atoms with Crippen molar-refractivity contribution in [1.82, 2.24) is 4.90 Å². The molecule has 0 spiro atoms. The van der Waals surface area contributed by atoms with E-state index in [0.717, 1.165) is 12.8 Å². The second-order valence-corrected chi connectivity index (χ2v) is 4.02. The number of piperidine rings is 1. The summed E-state index contributed by atoms with van der Waals surface area (Å²) in [5.41, 5.74) is 0.449. The fourth-order valence-corrected chi connectivity index (χ4v) is 2.28. The summed E-state index contributed by atoms with van der Waals surface area (Å²) in [4.78, 5) is 13.0. The highest BCUT2D eigenvalue weighted by molar-refractivity contribution is 5.85. The fourth-order valence-electron chi connectivity index (χ4n) is 2.28. The van der Waals surface area contributed by atoms with Crippen LogP contribution in [0.15, 0.2) is 11.8 Å². The number of carboxylic acids is 1. The first-order valence-corrected chi connectivity index (χ1v) is 5.25. The summed E-state index contributed by atoms with van der Waals surface area (Å²) < 4.78 is 0. The highest BCUT2D eigenvalue weighted by atomic mass is 16.4. The Kier molecular flexibility index (Phi) is 3.55. The van der Waals surface area contributed by atoms with Crippen molar-refractivity contribution in [2.75, 3.05) is 0 Å². The zero-order valence-corrected chi connectivity index (χ0v) is 9.16. The number of allylic oxidation sites excluding steroid dienone is 1. The van der Waals surface area contributed by atoms with Crippen molar-refractivity contribution in [1.29, 1.82) is 0 Å². The van der Waals surface area contributed by atoms with Gasteiger partial charge in [0.2, 0.25) is 0 Å². The van der Waals surface area contributed by atoms with Crippen molar-refractivity contribution in [3.05, 3.63) is 11.8 Å². The van der Waals surface area contributed by atoms with Crippen molar-refractivity contribution in [3.63, 3.8) is 0 Å². The van der Waals surface area contributed by atoms with Crippen LogP contribution in [-0.2, 0) is 4.79 Å². The third-order valence-electron chi connectivity index (χ3n) is 2.96. The Morgan fingerprint density at radius 2 is 1.86 bits per heavy atom. The van der Waals surface area contributed by atoms with Crippen molar-refractivity contribution >= 4 is 5.97 Å². The molecule has 0 aliphatic carbocycles. The molecule has 0 bridgehead atoms. The van der Waals surface area contributed by atoms with Gasteiger partial charge in [0, 0.05) is 12.1 Å². The summed E-state index contributed by atoms with van der Waals surface area (Å²) in [5.74, 6) is -0.812. The first-order chi connectivity index (χ1) is 6.57. The average Bonchev–Trinajstić information content (AvgIpc) is 2.10. The quantitative estimate of drug-likeness (QED) is 0.690. The maximum absolute atomic E-state index is 11.0. The summed E-state index contributed by atoms with van der Waals surface area (Å²) in [6.45, 7) is 5.99. The van der Waals surface area contributed by atoms with Gasteiger partial charge in [0.15, 0.2) is 0 Å². The SMILES string of the molecule is CC=C(C(=O)O)N1C(C)CCCC1C. The maximum atomic E-state index is 11.0. The van der Waals surface area contributed by atoms with Gasteiger partial charge >= 0.3 is 5.97 Å². The summed E-state index contributed by atoms with van der Waals surface area (Å²) in [7, 11) is 0.